The summed E-state index contributed by atoms with van der Waals surface area (Å²) in [5.41, 5.74) is 2.64. The quantitative estimate of drug-likeness (QED) is 0.906. The lowest BCUT2D eigenvalue weighted by Crippen LogP contribution is -2.48. The predicted molar refractivity (Wildman–Crippen MR) is 77.1 cm³/mol. The van der Waals surface area contributed by atoms with E-state index in [1.54, 1.807) is 7.11 Å². The maximum Gasteiger partial charge on any atom is 0.0713 e. The normalized spacial score (nSPS) is 20.4. The molecular weight excluding hydrogens is 248 g/mol. The van der Waals surface area contributed by atoms with E-state index in [-0.39, 0.29) is 12.4 Å². The lowest BCUT2D eigenvalue weighted by Gasteiger charge is -2.31. The molecule has 1 atom stereocenters. The summed E-state index contributed by atoms with van der Waals surface area (Å²) in [4.78, 5) is 2.51. The molecule has 0 amide bonds. The van der Waals surface area contributed by atoms with E-state index in [0.717, 1.165) is 26.2 Å². The Morgan fingerprint density at radius 1 is 1.39 bits per heavy atom. The minimum Gasteiger partial charge on any atom is -0.380 e. The average molecular weight is 271 g/mol. The first-order valence-electron chi connectivity index (χ1n) is 6.30. The monoisotopic (exact) mass is 270 g/mol. The molecule has 0 saturated carbocycles. The van der Waals surface area contributed by atoms with Crippen molar-refractivity contribution in [3.05, 3.63) is 35.4 Å². The van der Waals surface area contributed by atoms with Crippen LogP contribution in [0.2, 0.25) is 0 Å². The van der Waals surface area contributed by atoms with Crippen LogP contribution >= 0.6 is 12.4 Å². The van der Waals surface area contributed by atoms with Gasteiger partial charge in [0.05, 0.1) is 6.61 Å². The maximum absolute atomic E-state index is 5.17. The summed E-state index contributed by atoms with van der Waals surface area (Å²) in [6.07, 6.45) is 0. The SMILES string of the molecule is COCc1cccc(CN2CCNC(C)C2)c1.Cl. The van der Waals surface area contributed by atoms with Gasteiger partial charge in [-0.3, -0.25) is 4.90 Å². The highest BCUT2D eigenvalue weighted by Gasteiger charge is 2.15. The zero-order chi connectivity index (χ0) is 12.1. The summed E-state index contributed by atoms with van der Waals surface area (Å²) in [6.45, 7) is 7.36. The van der Waals surface area contributed by atoms with E-state index in [1.807, 2.05) is 0 Å². The molecule has 1 aromatic rings. The fourth-order valence-corrected chi connectivity index (χ4v) is 2.40. The van der Waals surface area contributed by atoms with Gasteiger partial charge in [-0.25, -0.2) is 0 Å². The zero-order valence-electron chi connectivity index (χ0n) is 11.2. The number of nitrogens with one attached hydrogen (secondary N) is 1. The van der Waals surface area contributed by atoms with E-state index in [0.29, 0.717) is 12.6 Å². The topological polar surface area (TPSA) is 24.5 Å². The minimum absolute atomic E-state index is 0. The molecule has 0 bridgehead atoms. The second-order valence-electron chi connectivity index (χ2n) is 4.84. The highest BCUT2D eigenvalue weighted by atomic mass is 35.5. The van der Waals surface area contributed by atoms with Crippen LogP contribution in [0.25, 0.3) is 0 Å². The van der Waals surface area contributed by atoms with Crippen LogP contribution in [0.3, 0.4) is 0 Å². The van der Waals surface area contributed by atoms with Crippen LogP contribution in [-0.2, 0) is 17.9 Å². The van der Waals surface area contributed by atoms with E-state index in [1.165, 1.54) is 11.1 Å². The van der Waals surface area contributed by atoms with E-state index in [9.17, 15) is 0 Å². The lowest BCUT2D eigenvalue weighted by atomic mass is 10.1. The summed E-state index contributed by atoms with van der Waals surface area (Å²) in [5, 5.41) is 3.47. The minimum atomic E-state index is 0. The number of piperazine rings is 1. The van der Waals surface area contributed by atoms with Crippen LogP contribution in [0.4, 0.5) is 0 Å². The van der Waals surface area contributed by atoms with Crippen molar-refractivity contribution >= 4 is 12.4 Å². The molecular formula is C14H23ClN2O. The van der Waals surface area contributed by atoms with Crippen molar-refractivity contribution in [1.29, 1.82) is 0 Å². The number of nitrogens with zero attached hydrogens (tertiary/aromatic N) is 1. The van der Waals surface area contributed by atoms with Crippen molar-refractivity contribution in [2.24, 2.45) is 0 Å². The van der Waals surface area contributed by atoms with Crippen LogP contribution in [0.5, 0.6) is 0 Å². The summed E-state index contributed by atoms with van der Waals surface area (Å²) in [5.74, 6) is 0. The van der Waals surface area contributed by atoms with Crippen molar-refractivity contribution in [2.45, 2.75) is 26.1 Å². The van der Waals surface area contributed by atoms with E-state index < -0.39 is 0 Å². The number of hydrogen-bond acceptors (Lipinski definition) is 3. The summed E-state index contributed by atoms with van der Waals surface area (Å²) in [7, 11) is 1.74. The Balaban J connectivity index is 0.00000162. The number of hydrogen-bond donors (Lipinski definition) is 1. The Bertz CT molecular complexity index is 359. The molecule has 4 heteroatoms. The molecule has 102 valence electrons. The number of benzene rings is 1. The van der Waals surface area contributed by atoms with E-state index in [4.69, 9.17) is 4.74 Å². The molecule has 1 aliphatic rings. The highest BCUT2D eigenvalue weighted by molar-refractivity contribution is 5.85. The second kappa shape index (κ2) is 7.74. The fraction of sp³-hybridized carbons (Fsp3) is 0.571. The Hall–Kier alpha value is -0.610. The van der Waals surface area contributed by atoms with E-state index >= 15 is 0 Å². The Morgan fingerprint density at radius 2 is 2.17 bits per heavy atom. The van der Waals surface area contributed by atoms with Gasteiger partial charge < -0.3 is 10.1 Å². The molecule has 1 N–H and O–H groups in total. The number of rotatable bonds is 4. The Morgan fingerprint density at radius 3 is 2.89 bits per heavy atom. The lowest BCUT2D eigenvalue weighted by molar-refractivity contribution is 0.184. The molecule has 1 aromatic carbocycles. The second-order valence-corrected chi connectivity index (χ2v) is 4.84. The van der Waals surface area contributed by atoms with Crippen LogP contribution in [0.15, 0.2) is 24.3 Å². The van der Waals surface area contributed by atoms with Crippen LogP contribution in [0.1, 0.15) is 18.1 Å². The number of ether oxygens (including phenoxy) is 1. The molecule has 0 aromatic heterocycles. The van der Waals surface area contributed by atoms with Crippen molar-refractivity contribution in [1.82, 2.24) is 10.2 Å². The number of methoxy groups -OCH3 is 1. The summed E-state index contributed by atoms with van der Waals surface area (Å²) >= 11 is 0. The van der Waals surface area contributed by atoms with Crippen LogP contribution in [-0.4, -0.2) is 37.7 Å². The van der Waals surface area contributed by atoms with Crippen molar-refractivity contribution < 1.29 is 4.74 Å². The van der Waals surface area contributed by atoms with Crippen molar-refractivity contribution in [2.75, 3.05) is 26.7 Å². The molecule has 1 fully saturated rings. The van der Waals surface area contributed by atoms with Gasteiger partial charge in [0, 0.05) is 39.3 Å². The van der Waals surface area contributed by atoms with Gasteiger partial charge in [0.25, 0.3) is 0 Å². The predicted octanol–water partition coefficient (Wildman–Crippen LogP) is 2.05. The molecule has 0 aliphatic carbocycles. The van der Waals surface area contributed by atoms with Gasteiger partial charge in [-0.2, -0.15) is 0 Å². The fourth-order valence-electron chi connectivity index (χ4n) is 2.40. The third-order valence-electron chi connectivity index (χ3n) is 3.16. The van der Waals surface area contributed by atoms with Gasteiger partial charge in [-0.15, -0.1) is 12.4 Å². The molecule has 18 heavy (non-hydrogen) atoms. The summed E-state index contributed by atoms with van der Waals surface area (Å²) in [6, 6.07) is 9.29. The van der Waals surface area contributed by atoms with Crippen LogP contribution < -0.4 is 5.32 Å². The Kier molecular flexibility index (Phi) is 6.65. The van der Waals surface area contributed by atoms with Gasteiger partial charge in [-0.05, 0) is 18.1 Å². The molecule has 1 saturated heterocycles. The van der Waals surface area contributed by atoms with Gasteiger partial charge in [0.1, 0.15) is 0 Å². The van der Waals surface area contributed by atoms with Crippen molar-refractivity contribution in [3.63, 3.8) is 0 Å². The highest BCUT2D eigenvalue weighted by Crippen LogP contribution is 2.10. The summed E-state index contributed by atoms with van der Waals surface area (Å²) < 4.78 is 5.17. The smallest absolute Gasteiger partial charge is 0.0713 e. The zero-order valence-corrected chi connectivity index (χ0v) is 12.0. The molecule has 2 rings (SSSR count). The van der Waals surface area contributed by atoms with Crippen molar-refractivity contribution in [3.8, 4) is 0 Å². The molecule has 1 aliphatic heterocycles. The van der Waals surface area contributed by atoms with E-state index in [2.05, 4.69) is 41.4 Å². The molecule has 0 spiro atoms. The average Bonchev–Trinajstić information content (AvgIpc) is 2.30. The Labute approximate surface area is 116 Å². The van der Waals surface area contributed by atoms with Crippen LogP contribution in [0, 0.1) is 0 Å². The molecule has 1 heterocycles. The first-order valence-corrected chi connectivity index (χ1v) is 6.30. The molecule has 1 unspecified atom stereocenters. The van der Waals surface area contributed by atoms with Gasteiger partial charge in [0.2, 0.25) is 0 Å². The van der Waals surface area contributed by atoms with Gasteiger partial charge >= 0.3 is 0 Å². The van der Waals surface area contributed by atoms with Gasteiger partial charge in [-0.1, -0.05) is 24.3 Å². The largest absolute Gasteiger partial charge is 0.380 e. The standard InChI is InChI=1S/C14H22N2O.ClH/c1-12-9-16(7-6-15-12)10-13-4-3-5-14(8-13)11-17-2;/h3-5,8,12,15H,6-7,9-11H2,1-2H3;1H. The first kappa shape index (κ1) is 15.4. The maximum atomic E-state index is 5.17. The van der Waals surface area contributed by atoms with Gasteiger partial charge in [0.15, 0.2) is 0 Å². The third-order valence-corrected chi connectivity index (χ3v) is 3.16. The number of halogens is 1. The molecule has 0 radical (unpaired) electrons. The first-order chi connectivity index (χ1) is 8.28. The molecule has 3 nitrogen and oxygen atoms in total. The third kappa shape index (κ3) is 4.58.